The monoisotopic (exact) mass is 456 g/mol. The molecule has 1 unspecified atom stereocenters. The number of sulfone groups is 1. The zero-order chi connectivity index (χ0) is 21.4. The molecule has 156 valence electrons. The third-order valence-corrected chi connectivity index (χ3v) is 7.13. The van der Waals surface area contributed by atoms with Crippen LogP contribution >= 0.6 is 23.2 Å². The summed E-state index contributed by atoms with van der Waals surface area (Å²) in [5, 5.41) is 11.8. The Hall–Kier alpha value is -1.80. The molecule has 6 nitrogen and oxygen atoms in total. The summed E-state index contributed by atoms with van der Waals surface area (Å²) in [6.07, 6.45) is 0. The molecule has 1 aromatic heterocycles. The van der Waals surface area contributed by atoms with E-state index in [9.17, 15) is 13.5 Å². The molecular formula is C20H22Cl2N2O4S. The van der Waals surface area contributed by atoms with Crippen LogP contribution in [0.15, 0.2) is 36.4 Å². The van der Waals surface area contributed by atoms with E-state index >= 15 is 0 Å². The Labute approximate surface area is 180 Å². The average molecular weight is 457 g/mol. The van der Waals surface area contributed by atoms with Gasteiger partial charge in [0, 0.05) is 6.54 Å². The van der Waals surface area contributed by atoms with E-state index < -0.39 is 21.2 Å². The summed E-state index contributed by atoms with van der Waals surface area (Å²) in [4.78, 5) is 4.46. The van der Waals surface area contributed by atoms with Crippen LogP contribution in [-0.4, -0.2) is 35.9 Å². The van der Waals surface area contributed by atoms with E-state index in [-0.39, 0.29) is 11.6 Å². The van der Waals surface area contributed by atoms with Gasteiger partial charge in [0.2, 0.25) is 0 Å². The number of ether oxygens (including phenoxy) is 1. The standard InChI is InChI=1S/C20H22Cl2N2O4S/c1-4-24-18-10-16(22)15(21)9-17(18)23-19(24)20(2,25)12-29(26,27)11-13-5-7-14(28-3)8-6-13/h5-10,25H,4,11-12H2,1-3H3. The van der Waals surface area contributed by atoms with Gasteiger partial charge in [0.05, 0.1) is 39.7 Å². The van der Waals surface area contributed by atoms with Crippen LogP contribution in [0.25, 0.3) is 11.0 Å². The lowest BCUT2D eigenvalue weighted by Gasteiger charge is -2.23. The quantitative estimate of drug-likeness (QED) is 0.575. The van der Waals surface area contributed by atoms with Crippen LogP contribution in [0.1, 0.15) is 25.2 Å². The lowest BCUT2D eigenvalue weighted by atomic mass is 10.1. The largest absolute Gasteiger partial charge is 0.497 e. The predicted molar refractivity (Wildman–Crippen MR) is 115 cm³/mol. The number of rotatable bonds is 7. The number of nitrogens with zero attached hydrogens (tertiary/aromatic N) is 2. The van der Waals surface area contributed by atoms with Crippen molar-refractivity contribution in [3.63, 3.8) is 0 Å². The second-order valence-corrected chi connectivity index (χ2v) is 9.97. The fourth-order valence-corrected chi connectivity index (χ4v) is 5.47. The van der Waals surface area contributed by atoms with Crippen molar-refractivity contribution in [1.29, 1.82) is 0 Å². The molecule has 0 aliphatic carbocycles. The number of hydrogen-bond donors (Lipinski definition) is 1. The predicted octanol–water partition coefficient (Wildman–Crippen LogP) is 4.19. The Kier molecular flexibility index (Phi) is 6.15. The smallest absolute Gasteiger partial charge is 0.157 e. The molecule has 0 radical (unpaired) electrons. The first-order chi connectivity index (χ1) is 13.6. The van der Waals surface area contributed by atoms with Crippen molar-refractivity contribution in [3.05, 3.63) is 57.8 Å². The van der Waals surface area contributed by atoms with E-state index in [2.05, 4.69) is 4.98 Å². The minimum atomic E-state index is -3.64. The van der Waals surface area contributed by atoms with Gasteiger partial charge in [0.25, 0.3) is 0 Å². The number of hydrogen-bond acceptors (Lipinski definition) is 5. The molecule has 3 rings (SSSR count). The van der Waals surface area contributed by atoms with Gasteiger partial charge in [-0.1, -0.05) is 35.3 Å². The molecule has 2 aromatic carbocycles. The fraction of sp³-hybridized carbons (Fsp3) is 0.350. The van der Waals surface area contributed by atoms with Gasteiger partial charge < -0.3 is 14.4 Å². The average Bonchev–Trinajstić information content (AvgIpc) is 3.00. The topological polar surface area (TPSA) is 81.4 Å². The van der Waals surface area contributed by atoms with Crippen LogP contribution in [0.5, 0.6) is 5.75 Å². The number of fused-ring (bicyclic) bond motifs is 1. The molecule has 0 aliphatic heterocycles. The van der Waals surface area contributed by atoms with Crippen molar-refractivity contribution >= 4 is 44.1 Å². The minimum absolute atomic E-state index is 0.197. The highest BCUT2D eigenvalue weighted by molar-refractivity contribution is 7.90. The number of benzene rings is 2. The third-order valence-electron chi connectivity index (χ3n) is 4.63. The summed E-state index contributed by atoms with van der Waals surface area (Å²) in [7, 11) is -2.09. The lowest BCUT2D eigenvalue weighted by molar-refractivity contribution is 0.0688. The Morgan fingerprint density at radius 2 is 1.79 bits per heavy atom. The molecule has 0 bridgehead atoms. The van der Waals surface area contributed by atoms with Crippen LogP contribution < -0.4 is 4.74 Å². The van der Waals surface area contributed by atoms with Crippen molar-refractivity contribution in [2.24, 2.45) is 0 Å². The fourth-order valence-electron chi connectivity index (χ4n) is 3.37. The number of halogens is 2. The maximum atomic E-state index is 12.8. The highest BCUT2D eigenvalue weighted by Crippen LogP contribution is 2.32. The molecule has 3 aromatic rings. The van der Waals surface area contributed by atoms with E-state index in [0.717, 1.165) is 0 Å². The molecular weight excluding hydrogens is 435 g/mol. The van der Waals surface area contributed by atoms with Crippen LogP contribution in [0, 0.1) is 0 Å². The number of aryl methyl sites for hydroxylation is 1. The van der Waals surface area contributed by atoms with Crippen molar-refractivity contribution in [3.8, 4) is 5.75 Å². The van der Waals surface area contributed by atoms with E-state index in [4.69, 9.17) is 27.9 Å². The number of methoxy groups -OCH3 is 1. The Bertz CT molecular complexity index is 1140. The lowest BCUT2D eigenvalue weighted by Crippen LogP contribution is -2.35. The van der Waals surface area contributed by atoms with Crippen molar-refractivity contribution in [2.75, 3.05) is 12.9 Å². The zero-order valence-corrected chi connectivity index (χ0v) is 18.6. The first-order valence-electron chi connectivity index (χ1n) is 8.98. The number of imidazole rings is 1. The van der Waals surface area contributed by atoms with E-state index in [1.54, 1.807) is 48.1 Å². The summed E-state index contributed by atoms with van der Waals surface area (Å²) in [5.41, 5.74) is 0.150. The molecule has 9 heteroatoms. The highest BCUT2D eigenvalue weighted by Gasteiger charge is 2.35. The molecule has 0 fully saturated rings. The molecule has 1 N–H and O–H groups in total. The van der Waals surface area contributed by atoms with Crippen LogP contribution in [-0.2, 0) is 27.7 Å². The summed E-state index contributed by atoms with van der Waals surface area (Å²) in [6.45, 7) is 3.82. The molecule has 0 saturated heterocycles. The molecule has 1 atom stereocenters. The van der Waals surface area contributed by atoms with Gasteiger partial charge in [-0.15, -0.1) is 0 Å². The van der Waals surface area contributed by atoms with Crippen molar-refractivity contribution < 1.29 is 18.3 Å². The van der Waals surface area contributed by atoms with Gasteiger partial charge >= 0.3 is 0 Å². The molecule has 1 heterocycles. The zero-order valence-electron chi connectivity index (χ0n) is 16.3. The summed E-state index contributed by atoms with van der Waals surface area (Å²) in [6, 6.07) is 10.1. The van der Waals surface area contributed by atoms with Crippen molar-refractivity contribution in [1.82, 2.24) is 9.55 Å². The van der Waals surface area contributed by atoms with Crippen molar-refractivity contribution in [2.45, 2.75) is 31.7 Å². The molecule has 29 heavy (non-hydrogen) atoms. The molecule has 0 aliphatic rings. The van der Waals surface area contributed by atoms with Crippen LogP contribution in [0.2, 0.25) is 10.0 Å². The Balaban J connectivity index is 1.93. The second-order valence-electron chi connectivity index (χ2n) is 7.09. The van der Waals surface area contributed by atoms with Gasteiger partial charge in [0.15, 0.2) is 9.84 Å². The second kappa shape index (κ2) is 8.14. The Morgan fingerprint density at radius 3 is 2.38 bits per heavy atom. The van der Waals surface area contributed by atoms with E-state index in [1.165, 1.54) is 6.92 Å². The van der Waals surface area contributed by atoms with Gasteiger partial charge in [-0.25, -0.2) is 13.4 Å². The number of aliphatic hydroxyl groups is 1. The van der Waals surface area contributed by atoms with Gasteiger partial charge in [-0.3, -0.25) is 0 Å². The normalized spacial score (nSPS) is 14.1. The van der Waals surface area contributed by atoms with Gasteiger partial charge in [0.1, 0.15) is 17.2 Å². The molecule has 0 spiro atoms. The number of aromatic nitrogens is 2. The van der Waals surface area contributed by atoms with Crippen LogP contribution in [0.4, 0.5) is 0 Å². The minimum Gasteiger partial charge on any atom is -0.497 e. The van der Waals surface area contributed by atoms with Gasteiger partial charge in [-0.2, -0.15) is 0 Å². The molecule has 0 saturated carbocycles. The molecule has 0 amide bonds. The SMILES string of the molecule is CCn1c(C(C)(O)CS(=O)(=O)Cc2ccc(OC)cc2)nc2cc(Cl)c(Cl)cc21. The van der Waals surface area contributed by atoms with E-state index in [1.807, 2.05) is 6.92 Å². The third kappa shape index (κ3) is 4.69. The first-order valence-corrected chi connectivity index (χ1v) is 11.6. The summed E-state index contributed by atoms with van der Waals surface area (Å²) < 4.78 is 32.4. The van der Waals surface area contributed by atoms with E-state index in [0.29, 0.717) is 38.9 Å². The summed E-state index contributed by atoms with van der Waals surface area (Å²) in [5.74, 6) is 0.229. The first kappa shape index (κ1) is 21.9. The Morgan fingerprint density at radius 1 is 1.17 bits per heavy atom. The van der Waals surface area contributed by atoms with Crippen LogP contribution in [0.3, 0.4) is 0 Å². The highest BCUT2D eigenvalue weighted by atomic mass is 35.5. The van der Waals surface area contributed by atoms with Gasteiger partial charge in [-0.05, 0) is 43.7 Å². The maximum absolute atomic E-state index is 12.8. The maximum Gasteiger partial charge on any atom is 0.157 e. The summed E-state index contributed by atoms with van der Waals surface area (Å²) >= 11 is 12.2.